The van der Waals surface area contributed by atoms with Gasteiger partial charge in [-0.2, -0.15) is 0 Å². The number of phenols is 1. The predicted molar refractivity (Wildman–Crippen MR) is 102 cm³/mol. The van der Waals surface area contributed by atoms with Crippen LogP contribution in [-0.4, -0.2) is 15.1 Å². The van der Waals surface area contributed by atoms with Gasteiger partial charge in [0.15, 0.2) is 0 Å². The number of phenolic OH excluding ortho intramolecular Hbond substituents is 1. The number of rotatable bonds is 4. The van der Waals surface area contributed by atoms with E-state index in [1.54, 1.807) is 23.7 Å². The summed E-state index contributed by atoms with van der Waals surface area (Å²) in [6, 6.07) is 15.6. The van der Waals surface area contributed by atoms with Gasteiger partial charge in [0.25, 0.3) is 0 Å². The number of thiophene rings is 1. The van der Waals surface area contributed by atoms with Crippen molar-refractivity contribution in [2.45, 2.75) is 13.0 Å². The molecule has 4 aromatic rings. The lowest BCUT2D eigenvalue weighted by atomic mass is 10.0. The monoisotopic (exact) mass is 347 g/mol. The normalized spacial score (nSPS) is 12.2. The van der Waals surface area contributed by atoms with Crippen LogP contribution in [0.1, 0.15) is 22.0 Å². The maximum atomic E-state index is 10.8. The second-order valence-corrected chi connectivity index (χ2v) is 6.87. The summed E-state index contributed by atoms with van der Waals surface area (Å²) >= 11 is 1.64. The Morgan fingerprint density at radius 3 is 2.76 bits per heavy atom. The van der Waals surface area contributed by atoms with E-state index in [2.05, 4.69) is 21.4 Å². The van der Waals surface area contributed by atoms with Gasteiger partial charge < -0.3 is 10.4 Å². The quantitative estimate of drug-likeness (QED) is 0.551. The van der Waals surface area contributed by atoms with E-state index in [4.69, 9.17) is 0 Å². The van der Waals surface area contributed by atoms with E-state index in [0.717, 1.165) is 27.2 Å². The summed E-state index contributed by atoms with van der Waals surface area (Å²) in [7, 11) is 0. The van der Waals surface area contributed by atoms with E-state index in [9.17, 15) is 5.11 Å². The summed E-state index contributed by atoms with van der Waals surface area (Å²) in [5, 5.41) is 17.2. The highest BCUT2D eigenvalue weighted by atomic mass is 32.1. The number of nitrogens with zero attached hydrogens (tertiary/aromatic N) is 2. The molecule has 3 aromatic heterocycles. The van der Waals surface area contributed by atoms with Crippen LogP contribution in [0.15, 0.2) is 66.3 Å². The Balaban J connectivity index is 1.83. The summed E-state index contributed by atoms with van der Waals surface area (Å²) in [4.78, 5) is 9.84. The van der Waals surface area contributed by atoms with Crippen molar-refractivity contribution in [1.82, 2.24) is 9.97 Å². The third-order valence-electron chi connectivity index (χ3n) is 4.13. The molecule has 4 nitrogen and oxygen atoms in total. The predicted octanol–water partition coefficient (Wildman–Crippen LogP) is 4.91. The zero-order chi connectivity index (χ0) is 17.2. The van der Waals surface area contributed by atoms with E-state index in [1.807, 2.05) is 54.8 Å². The van der Waals surface area contributed by atoms with Gasteiger partial charge in [0, 0.05) is 28.2 Å². The van der Waals surface area contributed by atoms with Gasteiger partial charge >= 0.3 is 0 Å². The van der Waals surface area contributed by atoms with Crippen molar-refractivity contribution in [3.05, 3.63) is 82.3 Å². The Kier molecular flexibility index (Phi) is 4.07. The molecule has 5 heteroatoms. The lowest BCUT2D eigenvalue weighted by molar-refractivity contribution is 0.472. The molecule has 124 valence electrons. The Morgan fingerprint density at radius 1 is 1.04 bits per heavy atom. The molecule has 0 fully saturated rings. The fourth-order valence-corrected chi connectivity index (χ4v) is 3.69. The number of aromatic hydroxyl groups is 1. The number of pyridine rings is 2. The molecule has 0 aliphatic rings. The van der Waals surface area contributed by atoms with Crippen molar-refractivity contribution < 1.29 is 5.11 Å². The minimum absolute atomic E-state index is 0.194. The number of nitrogens with one attached hydrogen (secondary N) is 1. The molecule has 1 atom stereocenters. The maximum absolute atomic E-state index is 10.8. The molecular formula is C20H17N3OS. The second kappa shape index (κ2) is 6.53. The van der Waals surface area contributed by atoms with Crippen LogP contribution in [0.5, 0.6) is 5.75 Å². The standard InChI is InChI=1S/C20H17N3OS/c1-13-8-10-21-17(12-13)23-19(16-5-3-11-25-16)15-7-6-14-4-2-9-22-18(14)20(15)24/h2-12,19,24H,1H3,(H,21,23)/t19-/m1/s1. The van der Waals surface area contributed by atoms with Crippen LogP contribution in [-0.2, 0) is 0 Å². The smallest absolute Gasteiger partial charge is 0.147 e. The number of benzene rings is 1. The molecule has 0 aliphatic carbocycles. The zero-order valence-electron chi connectivity index (χ0n) is 13.7. The molecular weight excluding hydrogens is 330 g/mol. The highest BCUT2D eigenvalue weighted by Gasteiger charge is 2.21. The number of aryl methyl sites for hydroxylation is 1. The highest BCUT2D eigenvalue weighted by molar-refractivity contribution is 7.10. The number of anilines is 1. The van der Waals surface area contributed by atoms with Gasteiger partial charge in [-0.05, 0) is 42.1 Å². The summed E-state index contributed by atoms with van der Waals surface area (Å²) in [5.41, 5.74) is 2.53. The summed E-state index contributed by atoms with van der Waals surface area (Å²) in [5.74, 6) is 0.982. The largest absolute Gasteiger partial charge is 0.505 e. The lowest BCUT2D eigenvalue weighted by Crippen LogP contribution is -2.12. The fourth-order valence-electron chi connectivity index (χ4n) is 2.90. The van der Waals surface area contributed by atoms with E-state index in [1.165, 1.54) is 0 Å². The molecule has 0 aliphatic heterocycles. The topological polar surface area (TPSA) is 58.0 Å². The second-order valence-electron chi connectivity index (χ2n) is 5.89. The number of hydrogen-bond donors (Lipinski definition) is 2. The fraction of sp³-hybridized carbons (Fsp3) is 0.100. The SMILES string of the molecule is Cc1ccnc(N[C@@H](c2cccs2)c2ccc3cccnc3c2O)c1. The van der Waals surface area contributed by atoms with Crippen LogP contribution < -0.4 is 5.32 Å². The van der Waals surface area contributed by atoms with Crippen LogP contribution in [0.4, 0.5) is 5.82 Å². The van der Waals surface area contributed by atoms with Crippen LogP contribution in [0.3, 0.4) is 0 Å². The summed E-state index contributed by atoms with van der Waals surface area (Å²) < 4.78 is 0. The van der Waals surface area contributed by atoms with E-state index in [0.29, 0.717) is 5.52 Å². The van der Waals surface area contributed by atoms with Crippen LogP contribution in [0.25, 0.3) is 10.9 Å². The highest BCUT2D eigenvalue weighted by Crippen LogP contribution is 2.37. The molecule has 0 radical (unpaired) electrons. The first kappa shape index (κ1) is 15.6. The van der Waals surface area contributed by atoms with E-state index >= 15 is 0 Å². The molecule has 0 amide bonds. The molecule has 25 heavy (non-hydrogen) atoms. The number of aromatic nitrogens is 2. The van der Waals surface area contributed by atoms with Gasteiger partial charge in [0.2, 0.25) is 0 Å². The van der Waals surface area contributed by atoms with Crippen molar-refractivity contribution in [2.75, 3.05) is 5.32 Å². The van der Waals surface area contributed by atoms with Crippen molar-refractivity contribution in [2.24, 2.45) is 0 Å². The minimum Gasteiger partial charge on any atom is -0.505 e. The van der Waals surface area contributed by atoms with Crippen LogP contribution in [0.2, 0.25) is 0 Å². The van der Waals surface area contributed by atoms with Crippen molar-refractivity contribution in [1.29, 1.82) is 0 Å². The Hall–Kier alpha value is -2.92. The maximum Gasteiger partial charge on any atom is 0.147 e. The van der Waals surface area contributed by atoms with Gasteiger partial charge in [-0.25, -0.2) is 4.98 Å². The third kappa shape index (κ3) is 3.06. The molecule has 0 unspecified atom stereocenters. The molecule has 4 rings (SSSR count). The van der Waals surface area contributed by atoms with Crippen molar-refractivity contribution in [3.63, 3.8) is 0 Å². The third-order valence-corrected chi connectivity index (χ3v) is 5.06. The molecule has 0 spiro atoms. The van der Waals surface area contributed by atoms with Crippen LogP contribution >= 0.6 is 11.3 Å². The molecule has 0 bridgehead atoms. The van der Waals surface area contributed by atoms with Gasteiger partial charge in [0.1, 0.15) is 17.1 Å². The van der Waals surface area contributed by atoms with Gasteiger partial charge in [-0.15, -0.1) is 11.3 Å². The minimum atomic E-state index is -0.194. The average Bonchev–Trinajstić information content (AvgIpc) is 3.15. The molecule has 0 saturated heterocycles. The number of fused-ring (bicyclic) bond motifs is 1. The first-order chi connectivity index (χ1) is 12.2. The summed E-state index contributed by atoms with van der Waals surface area (Å²) in [6.07, 6.45) is 3.48. The van der Waals surface area contributed by atoms with E-state index in [-0.39, 0.29) is 11.8 Å². The zero-order valence-corrected chi connectivity index (χ0v) is 14.5. The number of hydrogen-bond acceptors (Lipinski definition) is 5. The molecule has 0 saturated carbocycles. The van der Waals surface area contributed by atoms with Crippen molar-refractivity contribution >= 4 is 28.1 Å². The van der Waals surface area contributed by atoms with Crippen molar-refractivity contribution in [3.8, 4) is 5.75 Å². The van der Waals surface area contributed by atoms with E-state index < -0.39 is 0 Å². The van der Waals surface area contributed by atoms with Gasteiger partial charge in [-0.3, -0.25) is 4.98 Å². The first-order valence-electron chi connectivity index (χ1n) is 8.01. The Morgan fingerprint density at radius 2 is 1.96 bits per heavy atom. The molecule has 2 N–H and O–H groups in total. The average molecular weight is 347 g/mol. The Labute approximate surface area is 149 Å². The van der Waals surface area contributed by atoms with Crippen LogP contribution in [0, 0.1) is 6.92 Å². The van der Waals surface area contributed by atoms with Gasteiger partial charge in [-0.1, -0.05) is 24.3 Å². The first-order valence-corrected chi connectivity index (χ1v) is 8.89. The van der Waals surface area contributed by atoms with Gasteiger partial charge in [0.05, 0.1) is 6.04 Å². The summed E-state index contributed by atoms with van der Waals surface area (Å²) in [6.45, 7) is 2.03. The molecule has 1 aromatic carbocycles. The Bertz CT molecular complexity index is 1010. The molecule has 3 heterocycles. The lowest BCUT2D eigenvalue weighted by Gasteiger charge is -2.20.